The van der Waals surface area contributed by atoms with Crippen molar-refractivity contribution in [1.82, 2.24) is 10.6 Å². The molecule has 0 atom stereocenters. The molecule has 0 aliphatic rings. The fourth-order valence-corrected chi connectivity index (χ4v) is 2.48. The van der Waals surface area contributed by atoms with Gasteiger partial charge in [0.05, 0.1) is 6.54 Å². The van der Waals surface area contributed by atoms with Crippen molar-refractivity contribution in [2.75, 3.05) is 18.4 Å². The van der Waals surface area contributed by atoms with Crippen LogP contribution in [0.25, 0.3) is 0 Å². The number of hydrogen-bond donors (Lipinski definition) is 3. The highest BCUT2D eigenvalue weighted by molar-refractivity contribution is 5.88. The lowest BCUT2D eigenvalue weighted by Gasteiger charge is -2.12. The minimum Gasteiger partial charge on any atom is -0.357 e. The van der Waals surface area contributed by atoms with Crippen molar-refractivity contribution in [3.63, 3.8) is 0 Å². The number of benzene rings is 2. The summed E-state index contributed by atoms with van der Waals surface area (Å²) in [5.41, 5.74) is 2.42. The number of guanidine groups is 1. The van der Waals surface area contributed by atoms with E-state index in [4.69, 9.17) is 0 Å². The minimum atomic E-state index is -0.189. The zero-order chi connectivity index (χ0) is 18.8. The van der Waals surface area contributed by atoms with Gasteiger partial charge in [-0.05, 0) is 42.7 Å². The quantitative estimate of drug-likeness (QED) is 0.528. The molecule has 0 unspecified atom stereocenters. The molecule has 2 aromatic rings. The molecule has 5 nitrogen and oxygen atoms in total. The van der Waals surface area contributed by atoms with E-state index in [1.165, 1.54) is 13.0 Å². The molecule has 0 spiro atoms. The lowest BCUT2D eigenvalue weighted by molar-refractivity contribution is -0.114. The number of anilines is 1. The van der Waals surface area contributed by atoms with Crippen molar-refractivity contribution in [2.45, 2.75) is 26.8 Å². The van der Waals surface area contributed by atoms with Gasteiger partial charge in [0.2, 0.25) is 5.91 Å². The first kappa shape index (κ1) is 19.4. The lowest BCUT2D eigenvalue weighted by Crippen LogP contribution is -2.38. The van der Waals surface area contributed by atoms with Gasteiger partial charge in [0, 0.05) is 25.7 Å². The van der Waals surface area contributed by atoms with Crippen LogP contribution in [0, 0.1) is 5.82 Å². The average molecular weight is 356 g/mol. The Morgan fingerprint density at radius 2 is 1.92 bits per heavy atom. The Balaban J connectivity index is 1.93. The van der Waals surface area contributed by atoms with Gasteiger partial charge in [0.15, 0.2) is 5.96 Å². The third kappa shape index (κ3) is 6.55. The number of hydrogen-bond acceptors (Lipinski definition) is 2. The van der Waals surface area contributed by atoms with Gasteiger partial charge in [-0.25, -0.2) is 9.38 Å². The molecule has 1 amide bonds. The molecule has 0 saturated heterocycles. The van der Waals surface area contributed by atoms with Gasteiger partial charge < -0.3 is 16.0 Å². The van der Waals surface area contributed by atoms with E-state index in [0.29, 0.717) is 31.0 Å². The summed E-state index contributed by atoms with van der Waals surface area (Å²) in [6.07, 6.45) is 0.578. The lowest BCUT2D eigenvalue weighted by atomic mass is 10.1. The summed E-state index contributed by atoms with van der Waals surface area (Å²) in [5, 5.41) is 9.15. The third-order valence-electron chi connectivity index (χ3n) is 3.66. The first-order valence-electron chi connectivity index (χ1n) is 8.70. The molecule has 2 rings (SSSR count). The van der Waals surface area contributed by atoms with Crippen molar-refractivity contribution in [2.24, 2.45) is 4.99 Å². The van der Waals surface area contributed by atoms with E-state index in [1.807, 2.05) is 37.3 Å². The number of carbonyl (C=O) groups is 1. The highest BCUT2D eigenvalue weighted by Gasteiger charge is 2.03. The first-order chi connectivity index (χ1) is 12.6. The summed E-state index contributed by atoms with van der Waals surface area (Å²) in [6, 6.07) is 14.4. The summed E-state index contributed by atoms with van der Waals surface area (Å²) >= 11 is 0. The Morgan fingerprint density at radius 1 is 1.12 bits per heavy atom. The van der Waals surface area contributed by atoms with Crippen molar-refractivity contribution in [1.29, 1.82) is 0 Å². The van der Waals surface area contributed by atoms with E-state index < -0.39 is 0 Å². The standard InChI is InChI=1S/C20H25FN4O/c1-3-22-20(23-12-11-17-8-4-5-10-19(17)21)24-14-16-7-6-9-18(13-16)25-15(2)26/h4-10,13H,3,11-12,14H2,1-2H3,(H,25,26)(H2,22,23,24). The molecule has 138 valence electrons. The molecular weight excluding hydrogens is 331 g/mol. The monoisotopic (exact) mass is 356 g/mol. The van der Waals surface area contributed by atoms with Crippen LogP contribution in [-0.2, 0) is 17.8 Å². The molecule has 3 N–H and O–H groups in total. The molecule has 0 fully saturated rings. The van der Waals surface area contributed by atoms with Gasteiger partial charge in [0.1, 0.15) is 5.82 Å². The fourth-order valence-electron chi connectivity index (χ4n) is 2.48. The van der Waals surface area contributed by atoms with Gasteiger partial charge in [-0.1, -0.05) is 30.3 Å². The highest BCUT2D eigenvalue weighted by Crippen LogP contribution is 2.11. The molecule has 0 bridgehead atoms. The summed E-state index contributed by atoms with van der Waals surface area (Å²) in [4.78, 5) is 15.7. The van der Waals surface area contributed by atoms with E-state index >= 15 is 0 Å². The number of carbonyl (C=O) groups excluding carboxylic acids is 1. The zero-order valence-corrected chi connectivity index (χ0v) is 15.2. The maximum Gasteiger partial charge on any atom is 0.221 e. The number of halogens is 1. The van der Waals surface area contributed by atoms with E-state index in [-0.39, 0.29) is 11.7 Å². The van der Waals surface area contributed by atoms with E-state index in [1.54, 1.807) is 12.1 Å². The fraction of sp³-hybridized carbons (Fsp3) is 0.300. The second kappa shape index (κ2) is 10.2. The Hall–Kier alpha value is -2.89. The molecule has 0 heterocycles. The van der Waals surface area contributed by atoms with E-state index in [2.05, 4.69) is 20.9 Å². The normalized spacial score (nSPS) is 11.1. The molecule has 26 heavy (non-hydrogen) atoms. The van der Waals surface area contributed by atoms with Crippen LogP contribution in [0.4, 0.5) is 10.1 Å². The van der Waals surface area contributed by atoms with Gasteiger partial charge in [0.25, 0.3) is 0 Å². The highest BCUT2D eigenvalue weighted by atomic mass is 19.1. The summed E-state index contributed by atoms with van der Waals surface area (Å²) < 4.78 is 13.7. The Labute approximate surface area is 153 Å². The summed E-state index contributed by atoms with van der Waals surface area (Å²) in [5.74, 6) is 0.383. The number of nitrogens with one attached hydrogen (secondary N) is 3. The Morgan fingerprint density at radius 3 is 2.65 bits per heavy atom. The van der Waals surface area contributed by atoms with Crippen molar-refractivity contribution >= 4 is 17.6 Å². The van der Waals surface area contributed by atoms with Gasteiger partial charge in [-0.3, -0.25) is 4.79 Å². The predicted molar refractivity (Wildman–Crippen MR) is 104 cm³/mol. The molecule has 0 aliphatic heterocycles. The number of aliphatic imine (C=N–C) groups is 1. The minimum absolute atomic E-state index is 0.103. The topological polar surface area (TPSA) is 65.5 Å². The van der Waals surface area contributed by atoms with E-state index in [9.17, 15) is 9.18 Å². The summed E-state index contributed by atoms with van der Waals surface area (Å²) in [6.45, 7) is 5.26. The van der Waals surface area contributed by atoms with Crippen molar-refractivity contribution in [3.8, 4) is 0 Å². The van der Waals surface area contributed by atoms with Gasteiger partial charge >= 0.3 is 0 Å². The van der Waals surface area contributed by atoms with Crippen LogP contribution in [0.2, 0.25) is 0 Å². The largest absolute Gasteiger partial charge is 0.357 e. The van der Waals surface area contributed by atoms with Crippen LogP contribution in [0.1, 0.15) is 25.0 Å². The molecule has 0 aromatic heterocycles. The zero-order valence-electron chi connectivity index (χ0n) is 15.2. The molecule has 0 saturated carbocycles. The molecule has 2 aromatic carbocycles. The van der Waals surface area contributed by atoms with Crippen LogP contribution < -0.4 is 16.0 Å². The van der Waals surface area contributed by atoms with Crippen LogP contribution >= 0.6 is 0 Å². The van der Waals surface area contributed by atoms with Crippen LogP contribution in [0.3, 0.4) is 0 Å². The second-order valence-corrected chi connectivity index (χ2v) is 5.84. The smallest absolute Gasteiger partial charge is 0.221 e. The third-order valence-corrected chi connectivity index (χ3v) is 3.66. The molecule has 0 aliphatic carbocycles. The first-order valence-corrected chi connectivity index (χ1v) is 8.70. The maximum atomic E-state index is 13.7. The molecular formula is C20H25FN4O. The van der Waals surface area contributed by atoms with Gasteiger partial charge in [-0.2, -0.15) is 0 Å². The van der Waals surface area contributed by atoms with E-state index in [0.717, 1.165) is 17.8 Å². The molecule has 6 heteroatoms. The number of rotatable bonds is 7. The summed E-state index contributed by atoms with van der Waals surface area (Å²) in [7, 11) is 0. The van der Waals surface area contributed by atoms with Crippen molar-refractivity contribution < 1.29 is 9.18 Å². The SMILES string of the molecule is CCNC(=NCc1cccc(NC(C)=O)c1)NCCc1ccccc1F. The average Bonchev–Trinajstić information content (AvgIpc) is 2.61. The van der Waals surface area contributed by atoms with Gasteiger partial charge in [-0.15, -0.1) is 0 Å². The Bertz CT molecular complexity index is 761. The van der Waals surface area contributed by atoms with Crippen molar-refractivity contribution in [3.05, 3.63) is 65.5 Å². The predicted octanol–water partition coefficient (Wildman–Crippen LogP) is 3.08. The van der Waals surface area contributed by atoms with Crippen LogP contribution in [0.15, 0.2) is 53.5 Å². The number of amides is 1. The maximum absolute atomic E-state index is 13.7. The Kier molecular flexibility index (Phi) is 7.61. The second-order valence-electron chi connectivity index (χ2n) is 5.84. The molecule has 0 radical (unpaired) electrons. The van der Waals surface area contributed by atoms with Crippen LogP contribution in [0.5, 0.6) is 0 Å². The number of nitrogens with zero attached hydrogens (tertiary/aromatic N) is 1. The van der Waals surface area contributed by atoms with Crippen LogP contribution in [-0.4, -0.2) is 25.0 Å².